The van der Waals surface area contributed by atoms with Crippen LogP contribution >= 0.6 is 0 Å². The molecule has 1 aromatic heterocycles. The number of hydrogen-bond donors (Lipinski definition) is 1. The highest BCUT2D eigenvalue weighted by molar-refractivity contribution is 5.95. The van der Waals surface area contributed by atoms with Crippen LogP contribution < -0.4 is 5.69 Å². The molecular weight excluding hydrogens is 390 g/mol. The van der Waals surface area contributed by atoms with Gasteiger partial charge in [0.2, 0.25) is 5.88 Å². The lowest BCUT2D eigenvalue weighted by Crippen LogP contribution is -2.37. The molecule has 2 aliphatic rings. The van der Waals surface area contributed by atoms with E-state index in [4.69, 9.17) is 0 Å². The fourth-order valence-corrected chi connectivity index (χ4v) is 5.23. The van der Waals surface area contributed by atoms with E-state index in [1.54, 1.807) is 9.47 Å². The normalized spacial score (nSPS) is 19.2. The number of aromatic hydroxyl groups is 1. The molecule has 1 N–H and O–H groups in total. The van der Waals surface area contributed by atoms with E-state index in [9.17, 15) is 14.7 Å². The molecule has 6 rings (SSSR count). The molecule has 2 atom stereocenters. The van der Waals surface area contributed by atoms with E-state index in [2.05, 4.69) is 0 Å². The first kappa shape index (κ1) is 18.0. The molecule has 4 aromatic rings. The highest BCUT2D eigenvalue weighted by Gasteiger charge is 2.49. The fraction of sp³-hybridized carbons (Fsp3) is 0.200. The second kappa shape index (κ2) is 6.35. The number of amides is 1. The average molecular weight is 411 g/mol. The number of nitrogens with zero attached hydrogens (tertiary/aromatic N) is 3. The number of imidazole rings is 1. The van der Waals surface area contributed by atoms with Crippen molar-refractivity contribution in [2.45, 2.75) is 25.4 Å². The molecular formula is C25H21N3O3. The first-order valence-electron chi connectivity index (χ1n) is 10.5. The molecule has 0 spiro atoms. The third-order valence-corrected chi connectivity index (χ3v) is 6.59. The lowest BCUT2D eigenvalue weighted by Gasteiger charge is -2.27. The second-order valence-electron chi connectivity index (χ2n) is 8.43. The van der Waals surface area contributed by atoms with Crippen LogP contribution in [-0.2, 0) is 0 Å². The van der Waals surface area contributed by atoms with Crippen molar-refractivity contribution in [2.24, 2.45) is 0 Å². The van der Waals surface area contributed by atoms with Gasteiger partial charge in [0.05, 0.1) is 17.8 Å². The van der Waals surface area contributed by atoms with Gasteiger partial charge in [0.25, 0.3) is 5.91 Å². The van der Waals surface area contributed by atoms with Crippen LogP contribution in [0.2, 0.25) is 0 Å². The van der Waals surface area contributed by atoms with Crippen molar-refractivity contribution in [1.29, 1.82) is 0 Å². The maximum Gasteiger partial charge on any atom is 0.336 e. The first-order valence-corrected chi connectivity index (χ1v) is 10.5. The Morgan fingerprint density at radius 1 is 1.03 bits per heavy atom. The van der Waals surface area contributed by atoms with Crippen molar-refractivity contribution in [3.8, 4) is 11.6 Å². The lowest BCUT2D eigenvalue weighted by atomic mass is 10.1. The second-order valence-corrected chi connectivity index (χ2v) is 8.43. The number of hydrogen-bond acceptors (Lipinski definition) is 3. The summed E-state index contributed by atoms with van der Waals surface area (Å²) in [5.41, 5.74) is 2.60. The van der Waals surface area contributed by atoms with Gasteiger partial charge in [-0.15, -0.1) is 0 Å². The minimum absolute atomic E-state index is 0.0628. The summed E-state index contributed by atoms with van der Waals surface area (Å²) >= 11 is 0. The molecule has 0 aliphatic carbocycles. The number of aromatic nitrogens is 2. The smallest absolute Gasteiger partial charge is 0.336 e. The quantitative estimate of drug-likeness (QED) is 0.543. The van der Waals surface area contributed by atoms with Crippen LogP contribution in [0.3, 0.4) is 0 Å². The Labute approximate surface area is 178 Å². The number of benzene rings is 3. The molecule has 3 aromatic carbocycles. The van der Waals surface area contributed by atoms with E-state index in [0.29, 0.717) is 29.9 Å². The van der Waals surface area contributed by atoms with Crippen LogP contribution in [0.1, 0.15) is 40.1 Å². The molecule has 6 nitrogen and oxygen atoms in total. The van der Waals surface area contributed by atoms with Gasteiger partial charge in [-0.3, -0.25) is 9.36 Å². The Hall–Kier alpha value is -3.80. The summed E-state index contributed by atoms with van der Waals surface area (Å²) in [6, 6.07) is 20.6. The van der Waals surface area contributed by atoms with Crippen LogP contribution in [0.4, 0.5) is 0 Å². The molecule has 2 aliphatic heterocycles. The van der Waals surface area contributed by atoms with Crippen molar-refractivity contribution in [3.63, 3.8) is 0 Å². The van der Waals surface area contributed by atoms with Gasteiger partial charge in [-0.2, -0.15) is 0 Å². The van der Waals surface area contributed by atoms with E-state index in [1.807, 2.05) is 73.7 Å². The summed E-state index contributed by atoms with van der Waals surface area (Å²) in [6.07, 6.45) is 0.659. The topological polar surface area (TPSA) is 67.5 Å². The molecule has 3 heterocycles. The Bertz CT molecular complexity index is 1430. The zero-order chi connectivity index (χ0) is 21.3. The summed E-state index contributed by atoms with van der Waals surface area (Å²) in [5, 5.41) is 13.1. The average Bonchev–Trinajstić information content (AvgIpc) is 3.44. The van der Waals surface area contributed by atoms with E-state index in [1.165, 1.54) is 4.57 Å². The molecule has 0 saturated carbocycles. The number of carbonyl (C=O) groups is 1. The maximum atomic E-state index is 13.4. The van der Waals surface area contributed by atoms with Gasteiger partial charge in [-0.05, 0) is 36.9 Å². The van der Waals surface area contributed by atoms with Gasteiger partial charge in [0, 0.05) is 17.5 Å². The number of aryl methyl sites for hydroxylation is 1. The molecule has 154 valence electrons. The molecule has 31 heavy (non-hydrogen) atoms. The molecule has 1 saturated heterocycles. The van der Waals surface area contributed by atoms with Crippen molar-refractivity contribution < 1.29 is 9.90 Å². The van der Waals surface area contributed by atoms with E-state index >= 15 is 0 Å². The monoisotopic (exact) mass is 411 g/mol. The molecule has 1 amide bonds. The van der Waals surface area contributed by atoms with Crippen LogP contribution in [0.25, 0.3) is 16.5 Å². The minimum atomic E-state index is -0.304. The number of fused-ring (bicyclic) bond motifs is 6. The van der Waals surface area contributed by atoms with Gasteiger partial charge in [-0.25, -0.2) is 9.36 Å². The number of rotatable bonds is 2. The van der Waals surface area contributed by atoms with Crippen molar-refractivity contribution in [1.82, 2.24) is 14.0 Å². The molecule has 2 bridgehead atoms. The van der Waals surface area contributed by atoms with Crippen LogP contribution in [0.5, 0.6) is 5.88 Å². The Balaban J connectivity index is 1.47. The SMILES string of the molecule is Cc1cccc(C(=O)N2C[C@@H]3C[C@H]2c2c(O)n(-c4cccc5ccccc45)c(=O)n23)c1. The van der Waals surface area contributed by atoms with Crippen LogP contribution in [-0.4, -0.2) is 31.6 Å². The van der Waals surface area contributed by atoms with Crippen LogP contribution in [0, 0.1) is 6.92 Å². The van der Waals surface area contributed by atoms with E-state index in [0.717, 1.165) is 16.3 Å². The molecule has 1 fully saturated rings. The Morgan fingerprint density at radius 3 is 2.65 bits per heavy atom. The van der Waals surface area contributed by atoms with E-state index < -0.39 is 0 Å². The van der Waals surface area contributed by atoms with Gasteiger partial charge in [0.1, 0.15) is 5.69 Å². The number of likely N-dealkylation sites (tertiary alicyclic amines) is 1. The van der Waals surface area contributed by atoms with Gasteiger partial charge in [-0.1, -0.05) is 54.1 Å². The third kappa shape index (κ3) is 2.45. The summed E-state index contributed by atoms with van der Waals surface area (Å²) in [7, 11) is 0. The zero-order valence-corrected chi connectivity index (χ0v) is 17.0. The maximum absolute atomic E-state index is 13.4. The van der Waals surface area contributed by atoms with Crippen molar-refractivity contribution in [3.05, 3.63) is 94.0 Å². The largest absolute Gasteiger partial charge is 0.493 e. The predicted molar refractivity (Wildman–Crippen MR) is 118 cm³/mol. The predicted octanol–water partition coefficient (Wildman–Crippen LogP) is 3.95. The lowest BCUT2D eigenvalue weighted by molar-refractivity contribution is 0.0711. The van der Waals surface area contributed by atoms with E-state index in [-0.39, 0.29) is 29.6 Å². The number of carbonyl (C=O) groups excluding carboxylic acids is 1. The standard InChI is InChI=1S/C25H21N3O3/c1-15-6-4-9-17(12-15)23(29)26-14-18-13-21(26)22-24(30)28(25(31)27(18)22)20-11-5-8-16-7-2-3-10-19(16)20/h2-12,18,21,30H,13-14H2,1H3/t18-,21-/m0/s1. The summed E-state index contributed by atoms with van der Waals surface area (Å²) in [4.78, 5) is 28.4. The molecule has 0 unspecified atom stereocenters. The van der Waals surface area contributed by atoms with Crippen molar-refractivity contribution in [2.75, 3.05) is 6.54 Å². The van der Waals surface area contributed by atoms with Crippen LogP contribution in [0.15, 0.2) is 71.5 Å². The third-order valence-electron chi connectivity index (χ3n) is 6.59. The highest BCUT2D eigenvalue weighted by atomic mass is 16.3. The van der Waals surface area contributed by atoms with Gasteiger partial charge in [0.15, 0.2) is 0 Å². The highest BCUT2D eigenvalue weighted by Crippen LogP contribution is 2.49. The summed E-state index contributed by atoms with van der Waals surface area (Å²) < 4.78 is 3.07. The fourth-order valence-electron chi connectivity index (χ4n) is 5.23. The van der Waals surface area contributed by atoms with Gasteiger partial charge < -0.3 is 10.0 Å². The Kier molecular flexibility index (Phi) is 3.69. The van der Waals surface area contributed by atoms with Crippen molar-refractivity contribution >= 4 is 16.7 Å². The first-order chi connectivity index (χ1) is 15.0. The van der Waals surface area contributed by atoms with Gasteiger partial charge >= 0.3 is 5.69 Å². The summed E-state index contributed by atoms with van der Waals surface area (Å²) in [5.74, 6) is -0.136. The molecule has 6 heteroatoms. The summed E-state index contributed by atoms with van der Waals surface area (Å²) in [6.45, 7) is 2.43. The Morgan fingerprint density at radius 2 is 1.81 bits per heavy atom. The minimum Gasteiger partial charge on any atom is -0.493 e. The molecule has 0 radical (unpaired) electrons. The zero-order valence-electron chi connectivity index (χ0n) is 17.0.